The molecule has 58 heavy (non-hydrogen) atoms. The molecule has 3 aliphatic rings. The molecule has 0 saturated carbocycles. The van der Waals surface area contributed by atoms with Crippen molar-refractivity contribution in [1.29, 1.82) is 0 Å². The lowest BCUT2D eigenvalue weighted by atomic mass is 9.77. The van der Waals surface area contributed by atoms with Gasteiger partial charge in [0.05, 0.1) is 19.1 Å². The highest BCUT2D eigenvalue weighted by atomic mass is 79.9. The Bertz CT molecular complexity index is 2550. The Labute approximate surface area is 350 Å². The maximum atomic E-state index is 14.2. The second kappa shape index (κ2) is 16.2. The van der Waals surface area contributed by atoms with Gasteiger partial charge in [-0.05, 0) is 79.9 Å². The van der Waals surface area contributed by atoms with Crippen molar-refractivity contribution in [1.82, 2.24) is 34.7 Å². The van der Waals surface area contributed by atoms with Crippen LogP contribution < -0.4 is 0 Å². The quantitative estimate of drug-likeness (QED) is 0.114. The van der Waals surface area contributed by atoms with E-state index in [9.17, 15) is 4.79 Å². The summed E-state index contributed by atoms with van der Waals surface area (Å²) in [6, 6.07) is 41.1. The normalized spacial score (nSPS) is 13.1. The SMILES string of the molecule is CCCCc1nc(Cl)c(C(=O)N2CCCC2)n1Cc1c2ccocc-2c(Br)c1-c1ccccc1-c1nnn(C(c2ccccc2)(c2ccccc2)c2ccccc2)n1. The second-order valence-corrected chi connectivity index (χ2v) is 15.8. The number of nitrogens with zero attached hydrogens (tertiary/aromatic N) is 7. The van der Waals surface area contributed by atoms with Crippen LogP contribution in [0.2, 0.25) is 5.15 Å². The minimum atomic E-state index is -0.930. The van der Waals surface area contributed by atoms with E-state index in [4.69, 9.17) is 36.4 Å². The monoisotopic (exact) mass is 849 g/mol. The molecule has 6 aromatic rings. The van der Waals surface area contributed by atoms with E-state index in [1.807, 2.05) is 88.3 Å². The molecule has 4 heterocycles. The largest absolute Gasteiger partial charge is 0.472 e. The van der Waals surface area contributed by atoms with E-state index in [0.717, 1.165) is 86.1 Å². The first-order valence-electron chi connectivity index (χ1n) is 19.8. The fourth-order valence-electron chi connectivity index (χ4n) is 8.49. The zero-order valence-electron chi connectivity index (χ0n) is 32.1. The van der Waals surface area contributed by atoms with Gasteiger partial charge in [-0.1, -0.05) is 140 Å². The second-order valence-electron chi connectivity index (χ2n) is 14.7. The lowest BCUT2D eigenvalue weighted by Crippen LogP contribution is -2.39. The lowest BCUT2D eigenvalue weighted by Gasteiger charge is -2.34. The average Bonchev–Trinajstić information content (AvgIpc) is 4.09. The van der Waals surface area contributed by atoms with E-state index in [-0.39, 0.29) is 11.1 Å². The fourth-order valence-corrected chi connectivity index (χ4v) is 9.53. The Kier molecular flexibility index (Phi) is 10.5. The molecule has 1 saturated heterocycles. The summed E-state index contributed by atoms with van der Waals surface area (Å²) in [6.45, 7) is 3.94. The molecule has 1 fully saturated rings. The third kappa shape index (κ3) is 6.54. The molecule has 2 aliphatic heterocycles. The number of carbonyl (C=O) groups excluding carboxylic acids is 1. The Balaban J connectivity index is 1.23. The number of rotatable bonds is 12. The van der Waals surface area contributed by atoms with Crippen LogP contribution >= 0.6 is 27.5 Å². The zero-order valence-corrected chi connectivity index (χ0v) is 34.4. The fraction of sp³-hybridized carbons (Fsp3) is 0.213. The van der Waals surface area contributed by atoms with Gasteiger partial charge in [-0.3, -0.25) is 4.79 Å². The van der Waals surface area contributed by atoms with Gasteiger partial charge in [0.15, 0.2) is 10.7 Å². The Hall–Kier alpha value is -5.84. The van der Waals surface area contributed by atoms with E-state index in [0.29, 0.717) is 37.6 Å². The first-order chi connectivity index (χ1) is 28.5. The van der Waals surface area contributed by atoms with E-state index >= 15 is 0 Å². The molecule has 9 nitrogen and oxygen atoms in total. The van der Waals surface area contributed by atoms with Gasteiger partial charge in [0.1, 0.15) is 11.5 Å². The summed E-state index contributed by atoms with van der Waals surface area (Å²) < 4.78 is 8.65. The highest BCUT2D eigenvalue weighted by Gasteiger charge is 2.41. The van der Waals surface area contributed by atoms with Crippen molar-refractivity contribution in [3.05, 3.63) is 177 Å². The predicted octanol–water partition coefficient (Wildman–Crippen LogP) is 10.8. The number of halogens is 2. The Morgan fingerprint density at radius 2 is 1.40 bits per heavy atom. The minimum absolute atomic E-state index is 0.0795. The van der Waals surface area contributed by atoms with Crippen molar-refractivity contribution in [3.63, 3.8) is 0 Å². The summed E-state index contributed by atoms with van der Waals surface area (Å²) in [6.07, 6.45) is 8.00. The van der Waals surface area contributed by atoms with Gasteiger partial charge in [-0.25, -0.2) is 4.98 Å². The molecule has 290 valence electrons. The van der Waals surface area contributed by atoms with E-state index in [1.165, 1.54) is 0 Å². The molecular formula is C47H41BrClN7O2. The van der Waals surface area contributed by atoms with Crippen LogP contribution in [0.4, 0.5) is 0 Å². The first-order valence-corrected chi connectivity index (χ1v) is 20.9. The van der Waals surface area contributed by atoms with Crippen LogP contribution in [0.3, 0.4) is 0 Å². The van der Waals surface area contributed by atoms with Crippen molar-refractivity contribution >= 4 is 33.4 Å². The molecule has 0 atom stereocenters. The number of likely N-dealkylation sites (tertiary alicyclic amines) is 1. The molecule has 0 bridgehead atoms. The van der Waals surface area contributed by atoms with Crippen LogP contribution in [-0.4, -0.2) is 53.7 Å². The van der Waals surface area contributed by atoms with E-state index in [1.54, 1.807) is 17.3 Å². The van der Waals surface area contributed by atoms with Crippen molar-refractivity contribution < 1.29 is 9.21 Å². The highest BCUT2D eigenvalue weighted by Crippen LogP contribution is 2.49. The van der Waals surface area contributed by atoms with Gasteiger partial charge in [-0.15, -0.1) is 15.0 Å². The molecule has 0 spiro atoms. The summed E-state index contributed by atoms with van der Waals surface area (Å²) >= 11 is 10.9. The predicted molar refractivity (Wildman–Crippen MR) is 230 cm³/mol. The number of aromatic nitrogens is 6. The van der Waals surface area contributed by atoms with Gasteiger partial charge >= 0.3 is 0 Å². The number of hydrogen-bond donors (Lipinski definition) is 0. The molecule has 4 aromatic carbocycles. The summed E-state index contributed by atoms with van der Waals surface area (Å²) in [5.41, 5.74) is 8.03. The number of carbonyl (C=O) groups is 1. The molecule has 0 radical (unpaired) electrons. The summed E-state index contributed by atoms with van der Waals surface area (Å²) in [5, 5.41) is 15.2. The highest BCUT2D eigenvalue weighted by molar-refractivity contribution is 9.10. The number of hydrogen-bond acceptors (Lipinski definition) is 6. The van der Waals surface area contributed by atoms with Crippen LogP contribution in [-0.2, 0) is 18.5 Å². The standard InChI is InChI=1S/C47H41BrClN7O2/c1-2-3-25-40-50-44(49)43(46(57)54-27-15-16-28-54)55(40)30-38-35-26-29-58-31-39(35)42(48)41(38)36-23-13-14-24-37(36)45-51-53-56(52-45)47(32-17-7-4-8-18-32,33-19-9-5-10-20-33)34-21-11-6-12-22-34/h4-14,17-24,26,29,31H,2-3,15-16,25,27-28,30H2,1H3. The molecule has 1 amide bonds. The zero-order chi connectivity index (χ0) is 39.6. The number of amides is 1. The van der Waals surface area contributed by atoms with Gasteiger partial charge in [0.25, 0.3) is 5.91 Å². The smallest absolute Gasteiger partial charge is 0.273 e. The third-order valence-corrected chi connectivity index (χ3v) is 12.4. The Morgan fingerprint density at radius 3 is 2.02 bits per heavy atom. The number of benzene rings is 4. The molecule has 2 aromatic heterocycles. The number of unbranched alkanes of at least 4 members (excludes halogenated alkanes) is 1. The van der Waals surface area contributed by atoms with Crippen molar-refractivity contribution in [2.24, 2.45) is 0 Å². The number of tetrazole rings is 1. The molecule has 0 N–H and O–H groups in total. The number of imidazole rings is 1. The van der Waals surface area contributed by atoms with E-state index < -0.39 is 5.54 Å². The Morgan fingerprint density at radius 1 is 0.793 bits per heavy atom. The number of fused-ring (bicyclic) bond motifs is 1. The van der Waals surface area contributed by atoms with Gasteiger partial charge in [0.2, 0.25) is 5.82 Å². The maximum absolute atomic E-state index is 14.2. The van der Waals surface area contributed by atoms with Gasteiger partial charge < -0.3 is 13.9 Å². The van der Waals surface area contributed by atoms with Crippen LogP contribution in [0.25, 0.3) is 33.6 Å². The van der Waals surface area contributed by atoms with Crippen LogP contribution in [0.1, 0.15) is 71.2 Å². The average molecular weight is 851 g/mol. The first kappa shape index (κ1) is 37.7. The summed E-state index contributed by atoms with van der Waals surface area (Å²) in [7, 11) is 0. The van der Waals surface area contributed by atoms with Crippen LogP contribution in [0.15, 0.2) is 143 Å². The molecule has 1 aliphatic carbocycles. The summed E-state index contributed by atoms with van der Waals surface area (Å²) in [5.74, 6) is 1.18. The van der Waals surface area contributed by atoms with Crippen molar-refractivity contribution in [2.45, 2.75) is 51.1 Å². The maximum Gasteiger partial charge on any atom is 0.273 e. The molecule has 11 heteroatoms. The van der Waals surface area contributed by atoms with Crippen molar-refractivity contribution in [3.8, 4) is 33.6 Å². The van der Waals surface area contributed by atoms with Crippen molar-refractivity contribution in [2.75, 3.05) is 13.1 Å². The molecule has 9 rings (SSSR count). The topological polar surface area (TPSA) is 94.9 Å². The summed E-state index contributed by atoms with van der Waals surface area (Å²) in [4.78, 5) is 22.6. The third-order valence-electron chi connectivity index (χ3n) is 11.3. The van der Waals surface area contributed by atoms with Crippen LogP contribution in [0, 0.1) is 0 Å². The van der Waals surface area contributed by atoms with Gasteiger partial charge in [-0.2, -0.15) is 0 Å². The van der Waals surface area contributed by atoms with Gasteiger partial charge in [0, 0.05) is 40.7 Å². The van der Waals surface area contributed by atoms with E-state index in [2.05, 4.69) is 65.3 Å². The molecule has 0 unspecified atom stereocenters. The van der Waals surface area contributed by atoms with Crippen LogP contribution in [0.5, 0.6) is 0 Å². The minimum Gasteiger partial charge on any atom is -0.472 e. The number of aryl methyl sites for hydroxylation is 1. The lowest BCUT2D eigenvalue weighted by molar-refractivity contribution is 0.0782. The molecular weight excluding hydrogens is 810 g/mol.